The molecule has 0 unspecified atom stereocenters. The first-order chi connectivity index (χ1) is 21.6. The van der Waals surface area contributed by atoms with Crippen molar-refractivity contribution in [2.75, 3.05) is 0 Å². The van der Waals surface area contributed by atoms with E-state index < -0.39 is 0 Å². The number of furan rings is 1. The molecule has 0 atom stereocenters. The van der Waals surface area contributed by atoms with E-state index in [0.717, 1.165) is 63.5 Å². The van der Waals surface area contributed by atoms with E-state index in [1.165, 1.54) is 38.6 Å². The zero-order chi connectivity index (χ0) is 30.0. The van der Waals surface area contributed by atoms with Gasteiger partial charge >= 0.3 is 0 Å². The highest BCUT2D eigenvalue weighted by Gasteiger charge is 2.44. The molecule has 2 aromatic heterocycles. The number of fused-ring (bicyclic) bond motifs is 7. The lowest BCUT2D eigenvalue weighted by Crippen LogP contribution is -2.23. The van der Waals surface area contributed by atoms with Crippen molar-refractivity contribution in [1.82, 2.24) is 9.97 Å². The number of nitrogens with zero attached hydrogens (tertiary/aromatic N) is 2. The van der Waals surface area contributed by atoms with Crippen LogP contribution in [0, 0.1) is 13.8 Å². The van der Waals surface area contributed by atoms with Crippen molar-refractivity contribution in [2.24, 2.45) is 0 Å². The maximum Gasteiger partial charge on any atom is 0.161 e. The van der Waals surface area contributed by atoms with E-state index in [1.807, 2.05) is 0 Å². The summed E-state index contributed by atoms with van der Waals surface area (Å²) < 4.78 is 6.64. The Morgan fingerprint density at radius 3 is 2.07 bits per heavy atom. The van der Waals surface area contributed by atoms with E-state index in [9.17, 15) is 0 Å². The normalized spacial score (nSPS) is 13.4. The van der Waals surface area contributed by atoms with Crippen LogP contribution in [0.25, 0.3) is 67.0 Å². The SMILES string of the molecule is CCC1(CC)c2ccccc2-c2c(-c3nc(-c4ccccc4)c(C)c(-c4ccccc4C)n3)cc3oc4ccccc4c3c21. The monoisotopic (exact) mass is 570 g/mol. The van der Waals surface area contributed by atoms with Gasteiger partial charge in [-0.15, -0.1) is 0 Å². The maximum atomic E-state index is 6.64. The lowest BCUT2D eigenvalue weighted by Gasteiger charge is -2.30. The number of hydrogen-bond acceptors (Lipinski definition) is 3. The average Bonchev–Trinajstić information content (AvgIpc) is 3.58. The van der Waals surface area contributed by atoms with Crippen LogP contribution < -0.4 is 0 Å². The van der Waals surface area contributed by atoms with Crippen molar-refractivity contribution < 1.29 is 4.42 Å². The summed E-state index contributed by atoms with van der Waals surface area (Å²) in [5.74, 6) is 0.726. The topological polar surface area (TPSA) is 38.9 Å². The van der Waals surface area contributed by atoms with Crippen LogP contribution in [0.5, 0.6) is 0 Å². The molecule has 0 fully saturated rings. The second-order valence-corrected chi connectivity index (χ2v) is 12.0. The highest BCUT2D eigenvalue weighted by Crippen LogP contribution is 2.58. The van der Waals surface area contributed by atoms with Crippen molar-refractivity contribution >= 4 is 21.9 Å². The molecule has 0 aliphatic heterocycles. The van der Waals surface area contributed by atoms with Crippen LogP contribution in [0.1, 0.15) is 48.9 Å². The Morgan fingerprint density at radius 2 is 1.30 bits per heavy atom. The summed E-state index contributed by atoms with van der Waals surface area (Å²) in [6, 6.07) is 38.6. The van der Waals surface area contributed by atoms with Crippen molar-refractivity contribution in [3.8, 4) is 45.0 Å². The molecule has 3 heteroatoms. The highest BCUT2D eigenvalue weighted by molar-refractivity contribution is 6.14. The zero-order valence-corrected chi connectivity index (χ0v) is 25.6. The Bertz CT molecular complexity index is 2220. The molecule has 214 valence electrons. The van der Waals surface area contributed by atoms with Gasteiger partial charge in [-0.25, -0.2) is 9.97 Å². The first-order valence-electron chi connectivity index (χ1n) is 15.6. The van der Waals surface area contributed by atoms with Crippen LogP contribution >= 0.6 is 0 Å². The van der Waals surface area contributed by atoms with Crippen molar-refractivity contribution in [2.45, 2.75) is 46.0 Å². The van der Waals surface area contributed by atoms with Gasteiger partial charge < -0.3 is 4.42 Å². The van der Waals surface area contributed by atoms with E-state index in [2.05, 4.69) is 137 Å². The van der Waals surface area contributed by atoms with Crippen LogP contribution in [0.15, 0.2) is 114 Å². The third kappa shape index (κ3) is 3.68. The fourth-order valence-electron chi connectivity index (χ4n) is 7.67. The molecule has 0 saturated carbocycles. The third-order valence-electron chi connectivity index (χ3n) is 9.90. The Balaban J connectivity index is 1.55. The predicted molar refractivity (Wildman–Crippen MR) is 182 cm³/mol. The van der Waals surface area contributed by atoms with Gasteiger partial charge in [-0.1, -0.05) is 111 Å². The fourth-order valence-corrected chi connectivity index (χ4v) is 7.67. The summed E-state index contributed by atoms with van der Waals surface area (Å²) in [7, 11) is 0. The van der Waals surface area contributed by atoms with Crippen LogP contribution in [-0.4, -0.2) is 9.97 Å². The van der Waals surface area contributed by atoms with Crippen LogP contribution in [0.3, 0.4) is 0 Å². The molecule has 0 amide bonds. The summed E-state index contributed by atoms with van der Waals surface area (Å²) in [6.07, 6.45) is 1.98. The predicted octanol–water partition coefficient (Wildman–Crippen LogP) is 11.1. The van der Waals surface area contributed by atoms with Gasteiger partial charge in [-0.05, 0) is 66.6 Å². The third-order valence-corrected chi connectivity index (χ3v) is 9.90. The summed E-state index contributed by atoms with van der Waals surface area (Å²) >= 11 is 0. The van der Waals surface area contributed by atoms with E-state index in [-0.39, 0.29) is 5.41 Å². The minimum absolute atomic E-state index is 0.140. The molecule has 44 heavy (non-hydrogen) atoms. The molecule has 0 saturated heterocycles. The summed E-state index contributed by atoms with van der Waals surface area (Å²) in [5, 5.41) is 2.38. The molecular weight excluding hydrogens is 536 g/mol. The molecule has 3 nitrogen and oxygen atoms in total. The van der Waals surface area contributed by atoms with Gasteiger partial charge in [0.1, 0.15) is 11.2 Å². The largest absolute Gasteiger partial charge is 0.456 e. The van der Waals surface area contributed by atoms with Crippen LogP contribution in [-0.2, 0) is 5.41 Å². The maximum absolute atomic E-state index is 6.64. The van der Waals surface area contributed by atoms with Crippen molar-refractivity contribution in [3.63, 3.8) is 0 Å². The quantitative estimate of drug-likeness (QED) is 0.207. The van der Waals surface area contributed by atoms with Gasteiger partial charge in [0, 0.05) is 38.4 Å². The number of aryl methyl sites for hydroxylation is 1. The molecule has 7 aromatic rings. The number of aromatic nitrogens is 2. The van der Waals surface area contributed by atoms with Crippen molar-refractivity contribution in [3.05, 3.63) is 131 Å². The first kappa shape index (κ1) is 26.6. The van der Waals surface area contributed by atoms with E-state index in [0.29, 0.717) is 0 Å². The smallest absolute Gasteiger partial charge is 0.161 e. The van der Waals surface area contributed by atoms with Crippen molar-refractivity contribution in [1.29, 1.82) is 0 Å². The summed E-state index contributed by atoms with van der Waals surface area (Å²) in [4.78, 5) is 10.8. The minimum atomic E-state index is -0.140. The van der Waals surface area contributed by atoms with Gasteiger partial charge in [-0.2, -0.15) is 0 Å². The highest BCUT2D eigenvalue weighted by atomic mass is 16.3. The van der Waals surface area contributed by atoms with Gasteiger partial charge in [0.05, 0.1) is 11.4 Å². The van der Waals surface area contributed by atoms with E-state index >= 15 is 0 Å². The fraction of sp³-hybridized carbons (Fsp3) is 0.171. The second kappa shape index (κ2) is 10.0. The molecule has 0 radical (unpaired) electrons. The molecular formula is C41H34N2O. The summed E-state index contributed by atoms with van der Waals surface area (Å²) in [6.45, 7) is 8.95. The molecule has 1 aliphatic rings. The summed E-state index contributed by atoms with van der Waals surface area (Å²) in [5.41, 5.74) is 14.3. The number of para-hydroxylation sites is 1. The Labute approximate surface area is 258 Å². The molecule has 8 rings (SSSR count). The second-order valence-electron chi connectivity index (χ2n) is 12.0. The van der Waals surface area contributed by atoms with E-state index in [1.54, 1.807) is 0 Å². The Kier molecular flexibility index (Phi) is 6.06. The molecule has 0 spiro atoms. The molecule has 0 bridgehead atoms. The Hall–Kier alpha value is -5.02. The molecule has 0 N–H and O–H groups in total. The molecule has 2 heterocycles. The zero-order valence-electron chi connectivity index (χ0n) is 25.6. The number of rotatable bonds is 5. The van der Waals surface area contributed by atoms with Gasteiger partial charge in [0.15, 0.2) is 5.82 Å². The van der Waals surface area contributed by atoms with Gasteiger partial charge in [0.25, 0.3) is 0 Å². The Morgan fingerprint density at radius 1 is 0.636 bits per heavy atom. The standard InChI is InChI=1S/C41H34N2O/c1-5-41(6-2)32-22-14-12-20-29(32)35-31(24-34-36(37(35)41)30-21-13-15-23-33(30)44-34)40-42-38(27-17-8-7-9-18-27)26(4)39(43-40)28-19-11-10-16-25(28)3/h7-24H,5-6H2,1-4H3. The molecule has 5 aromatic carbocycles. The lowest BCUT2D eigenvalue weighted by molar-refractivity contribution is 0.494. The van der Waals surface area contributed by atoms with Crippen LogP contribution in [0.2, 0.25) is 0 Å². The average molecular weight is 571 g/mol. The van der Waals surface area contributed by atoms with Crippen LogP contribution in [0.4, 0.5) is 0 Å². The van der Waals surface area contributed by atoms with Gasteiger partial charge in [0.2, 0.25) is 0 Å². The van der Waals surface area contributed by atoms with Gasteiger partial charge in [-0.3, -0.25) is 0 Å². The number of hydrogen-bond donors (Lipinski definition) is 0. The number of benzene rings is 5. The van der Waals surface area contributed by atoms with E-state index in [4.69, 9.17) is 14.4 Å². The first-order valence-corrected chi connectivity index (χ1v) is 15.6. The lowest BCUT2D eigenvalue weighted by atomic mass is 9.72. The molecule has 1 aliphatic carbocycles. The minimum Gasteiger partial charge on any atom is -0.456 e.